The molecule has 0 saturated heterocycles. The number of benzene rings is 1. The van der Waals surface area contributed by atoms with Crippen molar-refractivity contribution in [3.63, 3.8) is 0 Å². The summed E-state index contributed by atoms with van der Waals surface area (Å²) in [5.41, 5.74) is 3.73. The predicted octanol–water partition coefficient (Wildman–Crippen LogP) is 4.49. The standard InChI is InChI=1S/C17H25NO/c1-5-13(4)14-6-7-17-16(10-14)15(11-19-17)8-9-18-12(2)3/h6-7,10-13,18H,5,8-9H2,1-4H3. The number of furan rings is 1. The van der Waals surface area contributed by atoms with Crippen LogP contribution in [0, 0.1) is 0 Å². The summed E-state index contributed by atoms with van der Waals surface area (Å²) >= 11 is 0. The first-order valence-electron chi connectivity index (χ1n) is 7.35. The Kier molecular flexibility index (Phi) is 4.65. The Hall–Kier alpha value is -1.28. The van der Waals surface area contributed by atoms with Crippen molar-refractivity contribution in [2.45, 2.75) is 52.5 Å². The minimum atomic E-state index is 0.536. The van der Waals surface area contributed by atoms with Gasteiger partial charge < -0.3 is 9.73 Å². The van der Waals surface area contributed by atoms with E-state index in [4.69, 9.17) is 4.42 Å². The molecule has 0 amide bonds. The lowest BCUT2D eigenvalue weighted by molar-refractivity contribution is 0.580. The second-order valence-electron chi connectivity index (χ2n) is 5.68. The molecule has 0 bridgehead atoms. The normalized spacial score (nSPS) is 13.3. The molecule has 0 fully saturated rings. The van der Waals surface area contributed by atoms with E-state index < -0.39 is 0 Å². The van der Waals surface area contributed by atoms with Gasteiger partial charge in [0.05, 0.1) is 6.26 Å². The zero-order valence-corrected chi connectivity index (χ0v) is 12.5. The van der Waals surface area contributed by atoms with Crippen LogP contribution in [0.15, 0.2) is 28.9 Å². The molecular formula is C17H25NO. The Bertz CT molecular complexity index is 527. The summed E-state index contributed by atoms with van der Waals surface area (Å²) in [6.45, 7) is 9.86. The van der Waals surface area contributed by atoms with Gasteiger partial charge in [-0.25, -0.2) is 0 Å². The monoisotopic (exact) mass is 259 g/mol. The lowest BCUT2D eigenvalue weighted by Crippen LogP contribution is -2.24. The fraction of sp³-hybridized carbons (Fsp3) is 0.529. The zero-order chi connectivity index (χ0) is 13.8. The summed E-state index contributed by atoms with van der Waals surface area (Å²) in [5.74, 6) is 0.612. The summed E-state index contributed by atoms with van der Waals surface area (Å²) in [6, 6.07) is 7.14. The zero-order valence-electron chi connectivity index (χ0n) is 12.5. The highest BCUT2D eigenvalue weighted by atomic mass is 16.3. The summed E-state index contributed by atoms with van der Waals surface area (Å²) in [5, 5.41) is 4.74. The highest BCUT2D eigenvalue weighted by Crippen LogP contribution is 2.27. The van der Waals surface area contributed by atoms with Gasteiger partial charge in [-0.1, -0.05) is 33.8 Å². The number of nitrogens with one attached hydrogen (secondary N) is 1. The third-order valence-electron chi connectivity index (χ3n) is 3.81. The van der Waals surface area contributed by atoms with E-state index in [1.54, 1.807) is 0 Å². The van der Waals surface area contributed by atoms with E-state index in [-0.39, 0.29) is 0 Å². The van der Waals surface area contributed by atoms with Crippen molar-refractivity contribution in [1.29, 1.82) is 0 Å². The van der Waals surface area contributed by atoms with Gasteiger partial charge in [0, 0.05) is 11.4 Å². The Morgan fingerprint density at radius 1 is 1.21 bits per heavy atom. The molecule has 0 spiro atoms. The van der Waals surface area contributed by atoms with E-state index in [0.717, 1.165) is 18.5 Å². The Morgan fingerprint density at radius 2 is 2.00 bits per heavy atom. The van der Waals surface area contributed by atoms with Gasteiger partial charge in [0.2, 0.25) is 0 Å². The van der Waals surface area contributed by atoms with Gasteiger partial charge in [0.1, 0.15) is 5.58 Å². The molecule has 0 aliphatic carbocycles. The maximum Gasteiger partial charge on any atom is 0.134 e. The van der Waals surface area contributed by atoms with Gasteiger partial charge in [-0.15, -0.1) is 0 Å². The summed E-state index contributed by atoms with van der Waals surface area (Å²) in [7, 11) is 0. The van der Waals surface area contributed by atoms with Crippen LogP contribution in [0.25, 0.3) is 11.0 Å². The molecule has 1 atom stereocenters. The maximum absolute atomic E-state index is 5.65. The first-order chi connectivity index (χ1) is 9.11. The van der Waals surface area contributed by atoms with Crippen molar-refractivity contribution in [2.75, 3.05) is 6.54 Å². The average Bonchev–Trinajstić information content (AvgIpc) is 2.80. The Morgan fingerprint density at radius 3 is 2.68 bits per heavy atom. The van der Waals surface area contributed by atoms with Crippen molar-refractivity contribution in [2.24, 2.45) is 0 Å². The topological polar surface area (TPSA) is 25.2 Å². The van der Waals surface area contributed by atoms with Crippen molar-refractivity contribution in [3.8, 4) is 0 Å². The molecule has 0 aliphatic rings. The minimum absolute atomic E-state index is 0.536. The highest BCUT2D eigenvalue weighted by molar-refractivity contribution is 5.82. The van der Waals surface area contributed by atoms with Crippen LogP contribution in [-0.4, -0.2) is 12.6 Å². The summed E-state index contributed by atoms with van der Waals surface area (Å²) < 4.78 is 5.65. The van der Waals surface area contributed by atoms with E-state index in [2.05, 4.69) is 51.2 Å². The largest absolute Gasteiger partial charge is 0.464 e. The first-order valence-corrected chi connectivity index (χ1v) is 7.35. The van der Waals surface area contributed by atoms with Gasteiger partial charge in [-0.3, -0.25) is 0 Å². The lowest BCUT2D eigenvalue weighted by atomic mass is 9.96. The van der Waals surface area contributed by atoms with Gasteiger partial charge in [0.15, 0.2) is 0 Å². The molecule has 2 rings (SSSR count). The predicted molar refractivity (Wildman–Crippen MR) is 81.8 cm³/mol. The molecule has 1 heterocycles. The quantitative estimate of drug-likeness (QED) is 0.827. The van der Waals surface area contributed by atoms with Crippen LogP contribution in [0.4, 0.5) is 0 Å². The molecule has 2 heteroatoms. The molecule has 2 aromatic rings. The van der Waals surface area contributed by atoms with Crippen LogP contribution in [0.1, 0.15) is 51.2 Å². The van der Waals surface area contributed by atoms with E-state index >= 15 is 0 Å². The first kappa shape index (κ1) is 14.1. The molecule has 19 heavy (non-hydrogen) atoms. The van der Waals surface area contributed by atoms with Crippen LogP contribution in [0.5, 0.6) is 0 Å². The van der Waals surface area contributed by atoms with Crippen molar-refractivity contribution in [3.05, 3.63) is 35.6 Å². The second-order valence-corrected chi connectivity index (χ2v) is 5.68. The third kappa shape index (κ3) is 3.38. The molecule has 1 aromatic heterocycles. The van der Waals surface area contributed by atoms with Gasteiger partial charge in [-0.05, 0) is 48.6 Å². The van der Waals surface area contributed by atoms with Gasteiger partial charge >= 0.3 is 0 Å². The van der Waals surface area contributed by atoms with E-state index in [1.807, 2.05) is 6.26 Å². The van der Waals surface area contributed by atoms with Crippen LogP contribution < -0.4 is 5.32 Å². The third-order valence-corrected chi connectivity index (χ3v) is 3.81. The van der Waals surface area contributed by atoms with E-state index in [1.165, 1.54) is 22.9 Å². The van der Waals surface area contributed by atoms with E-state index in [9.17, 15) is 0 Å². The van der Waals surface area contributed by atoms with Crippen LogP contribution >= 0.6 is 0 Å². The van der Waals surface area contributed by atoms with Gasteiger partial charge in [-0.2, -0.15) is 0 Å². The summed E-state index contributed by atoms with van der Waals surface area (Å²) in [4.78, 5) is 0. The maximum atomic E-state index is 5.65. The number of hydrogen-bond acceptors (Lipinski definition) is 2. The fourth-order valence-corrected chi connectivity index (χ4v) is 2.33. The van der Waals surface area contributed by atoms with Crippen LogP contribution in [-0.2, 0) is 6.42 Å². The molecular weight excluding hydrogens is 234 g/mol. The number of rotatable bonds is 6. The highest BCUT2D eigenvalue weighted by Gasteiger charge is 2.09. The lowest BCUT2D eigenvalue weighted by Gasteiger charge is -2.09. The average molecular weight is 259 g/mol. The number of fused-ring (bicyclic) bond motifs is 1. The van der Waals surface area contributed by atoms with Crippen LogP contribution in [0.3, 0.4) is 0 Å². The SMILES string of the molecule is CCC(C)c1ccc2occ(CCNC(C)C)c2c1. The fourth-order valence-electron chi connectivity index (χ4n) is 2.33. The molecule has 0 aliphatic heterocycles. The molecule has 1 unspecified atom stereocenters. The molecule has 0 radical (unpaired) electrons. The van der Waals surface area contributed by atoms with Gasteiger partial charge in [0.25, 0.3) is 0 Å². The smallest absolute Gasteiger partial charge is 0.134 e. The Labute approximate surface area is 116 Å². The van der Waals surface area contributed by atoms with Crippen molar-refractivity contribution in [1.82, 2.24) is 5.32 Å². The molecule has 0 saturated carbocycles. The van der Waals surface area contributed by atoms with Crippen LogP contribution in [0.2, 0.25) is 0 Å². The molecule has 1 aromatic carbocycles. The molecule has 104 valence electrons. The number of hydrogen-bond donors (Lipinski definition) is 1. The second kappa shape index (κ2) is 6.25. The Balaban J connectivity index is 2.19. The minimum Gasteiger partial charge on any atom is -0.464 e. The molecule has 1 N–H and O–H groups in total. The van der Waals surface area contributed by atoms with E-state index in [0.29, 0.717) is 12.0 Å². The van der Waals surface area contributed by atoms with Crippen molar-refractivity contribution >= 4 is 11.0 Å². The molecule has 2 nitrogen and oxygen atoms in total. The summed E-state index contributed by atoms with van der Waals surface area (Å²) in [6.07, 6.45) is 4.11. The van der Waals surface area contributed by atoms with Crippen molar-refractivity contribution < 1.29 is 4.42 Å².